The van der Waals surface area contributed by atoms with Gasteiger partial charge in [0.25, 0.3) is 0 Å². The van der Waals surface area contributed by atoms with Crippen LogP contribution in [-0.4, -0.2) is 30.9 Å². The highest BCUT2D eigenvalue weighted by atomic mass is 32.2. The molecule has 0 spiro atoms. The number of pyridine rings is 1. The maximum absolute atomic E-state index is 12.8. The highest BCUT2D eigenvalue weighted by Crippen LogP contribution is 2.28. The van der Waals surface area contributed by atoms with Crippen LogP contribution in [0.15, 0.2) is 47.8 Å². The molecule has 0 bridgehead atoms. The molecular weight excluding hydrogens is 370 g/mol. The molecule has 146 valence electrons. The minimum Gasteiger partial charge on any atom is -0.325 e. The Morgan fingerprint density at radius 3 is 2.54 bits per heavy atom. The minimum atomic E-state index is -0.310. The Morgan fingerprint density at radius 1 is 1.14 bits per heavy atom. The molecule has 0 aliphatic carbocycles. The van der Waals surface area contributed by atoms with Crippen molar-refractivity contribution in [1.29, 1.82) is 0 Å². The molecule has 0 aliphatic rings. The van der Waals surface area contributed by atoms with Crippen molar-refractivity contribution in [1.82, 2.24) is 19.7 Å². The van der Waals surface area contributed by atoms with E-state index in [0.29, 0.717) is 0 Å². The number of carbonyl (C=O) groups is 1. The van der Waals surface area contributed by atoms with Crippen molar-refractivity contribution in [2.75, 3.05) is 5.32 Å². The molecule has 1 N–H and O–H groups in total. The van der Waals surface area contributed by atoms with Crippen LogP contribution in [0.1, 0.15) is 31.4 Å². The van der Waals surface area contributed by atoms with Crippen LogP contribution in [0.3, 0.4) is 0 Å². The van der Waals surface area contributed by atoms with E-state index in [2.05, 4.69) is 27.4 Å². The Balaban J connectivity index is 1.79. The van der Waals surface area contributed by atoms with Crippen molar-refractivity contribution in [2.45, 2.75) is 51.1 Å². The van der Waals surface area contributed by atoms with E-state index in [-0.39, 0.29) is 11.2 Å². The summed E-state index contributed by atoms with van der Waals surface area (Å²) in [5, 5.41) is 12.1. The maximum atomic E-state index is 12.8. The topological polar surface area (TPSA) is 72.7 Å². The number of anilines is 1. The first-order valence-corrected chi connectivity index (χ1v) is 10.3. The van der Waals surface area contributed by atoms with E-state index in [0.717, 1.165) is 46.5 Å². The number of nitrogens with one attached hydrogen (secondary N) is 1. The monoisotopic (exact) mass is 395 g/mol. The molecule has 0 saturated carbocycles. The third kappa shape index (κ3) is 4.42. The first kappa shape index (κ1) is 20.1. The highest BCUT2D eigenvalue weighted by molar-refractivity contribution is 8.00. The van der Waals surface area contributed by atoms with Gasteiger partial charge in [-0.2, -0.15) is 0 Å². The standard InChI is InChI=1S/C21H25N5OS/c1-5-13-26-19(17-11-6-7-12-22-17)24-25-21(26)28-16(4)20(27)23-18-14(2)9-8-10-15(18)3/h6-12,16H,5,13H2,1-4H3,(H,23,27). The number of carbonyl (C=O) groups excluding carboxylic acids is 1. The molecule has 0 radical (unpaired) electrons. The van der Waals surface area contributed by atoms with Crippen LogP contribution >= 0.6 is 11.8 Å². The molecule has 1 atom stereocenters. The number of aromatic nitrogens is 4. The van der Waals surface area contributed by atoms with Crippen LogP contribution in [0.2, 0.25) is 0 Å². The Labute approximate surface area is 169 Å². The zero-order valence-electron chi connectivity index (χ0n) is 16.6. The molecule has 0 saturated heterocycles. The van der Waals surface area contributed by atoms with Gasteiger partial charge in [-0.25, -0.2) is 0 Å². The zero-order chi connectivity index (χ0) is 20.1. The van der Waals surface area contributed by atoms with Crippen LogP contribution in [0.4, 0.5) is 5.69 Å². The molecule has 3 aromatic rings. The Hall–Kier alpha value is -2.67. The number of nitrogens with zero attached hydrogens (tertiary/aromatic N) is 4. The molecule has 6 nitrogen and oxygen atoms in total. The van der Waals surface area contributed by atoms with Gasteiger partial charge in [0.2, 0.25) is 5.91 Å². The smallest absolute Gasteiger partial charge is 0.237 e. The molecule has 2 heterocycles. The van der Waals surface area contributed by atoms with Crippen LogP contribution in [0, 0.1) is 13.8 Å². The van der Waals surface area contributed by atoms with Gasteiger partial charge in [0.15, 0.2) is 11.0 Å². The van der Waals surface area contributed by atoms with Crippen molar-refractivity contribution in [3.8, 4) is 11.5 Å². The summed E-state index contributed by atoms with van der Waals surface area (Å²) in [6, 6.07) is 11.7. The molecule has 1 aromatic carbocycles. The van der Waals surface area contributed by atoms with Crippen LogP contribution in [-0.2, 0) is 11.3 Å². The molecule has 0 fully saturated rings. The van der Waals surface area contributed by atoms with E-state index in [1.54, 1.807) is 6.20 Å². The summed E-state index contributed by atoms with van der Waals surface area (Å²) in [5.74, 6) is 0.681. The van der Waals surface area contributed by atoms with Gasteiger partial charge < -0.3 is 9.88 Å². The van der Waals surface area contributed by atoms with Gasteiger partial charge in [0, 0.05) is 18.4 Å². The third-order valence-corrected chi connectivity index (χ3v) is 5.52. The Kier molecular flexibility index (Phi) is 6.46. The summed E-state index contributed by atoms with van der Waals surface area (Å²) in [4.78, 5) is 17.1. The average molecular weight is 396 g/mol. The maximum Gasteiger partial charge on any atom is 0.237 e. The number of rotatable bonds is 7. The lowest BCUT2D eigenvalue weighted by Gasteiger charge is -2.15. The van der Waals surface area contributed by atoms with Crippen LogP contribution < -0.4 is 5.32 Å². The third-order valence-electron chi connectivity index (χ3n) is 4.44. The number of thioether (sulfide) groups is 1. The number of para-hydroxylation sites is 1. The predicted octanol–water partition coefficient (Wildman–Crippen LogP) is 4.49. The van der Waals surface area contributed by atoms with Gasteiger partial charge >= 0.3 is 0 Å². The van der Waals surface area contributed by atoms with E-state index >= 15 is 0 Å². The molecule has 0 aliphatic heterocycles. The number of benzene rings is 1. The van der Waals surface area contributed by atoms with E-state index in [1.165, 1.54) is 11.8 Å². The number of aryl methyl sites for hydroxylation is 2. The molecule has 2 aromatic heterocycles. The SMILES string of the molecule is CCCn1c(SC(C)C(=O)Nc2c(C)cccc2C)nnc1-c1ccccn1. The fourth-order valence-electron chi connectivity index (χ4n) is 2.93. The Morgan fingerprint density at radius 2 is 1.89 bits per heavy atom. The highest BCUT2D eigenvalue weighted by Gasteiger charge is 2.21. The molecule has 3 rings (SSSR count). The normalized spacial score (nSPS) is 12.0. The quantitative estimate of drug-likeness (QED) is 0.597. The zero-order valence-corrected chi connectivity index (χ0v) is 17.5. The van der Waals surface area contributed by atoms with Gasteiger partial charge in [0.05, 0.1) is 5.25 Å². The summed E-state index contributed by atoms with van der Waals surface area (Å²) in [6.07, 6.45) is 2.68. The molecule has 28 heavy (non-hydrogen) atoms. The second-order valence-electron chi connectivity index (χ2n) is 6.69. The second kappa shape index (κ2) is 9.01. The summed E-state index contributed by atoms with van der Waals surface area (Å²) in [7, 11) is 0. The average Bonchev–Trinajstić information content (AvgIpc) is 3.08. The Bertz CT molecular complexity index is 934. The fraction of sp³-hybridized carbons (Fsp3) is 0.333. The van der Waals surface area contributed by atoms with E-state index < -0.39 is 0 Å². The van der Waals surface area contributed by atoms with Gasteiger partial charge in [-0.3, -0.25) is 9.78 Å². The van der Waals surface area contributed by atoms with Crippen molar-refractivity contribution < 1.29 is 4.79 Å². The largest absolute Gasteiger partial charge is 0.325 e. The molecule has 7 heteroatoms. The predicted molar refractivity (Wildman–Crippen MR) is 113 cm³/mol. The summed E-state index contributed by atoms with van der Waals surface area (Å²) >= 11 is 1.41. The number of hydrogen-bond donors (Lipinski definition) is 1. The fourth-order valence-corrected chi connectivity index (χ4v) is 3.81. The molecule has 1 amide bonds. The van der Waals surface area contributed by atoms with Gasteiger partial charge in [-0.05, 0) is 50.5 Å². The molecule has 1 unspecified atom stereocenters. The lowest BCUT2D eigenvalue weighted by Crippen LogP contribution is -2.24. The first-order chi connectivity index (χ1) is 13.5. The van der Waals surface area contributed by atoms with Crippen LogP contribution in [0.5, 0.6) is 0 Å². The first-order valence-electron chi connectivity index (χ1n) is 9.39. The van der Waals surface area contributed by atoms with Crippen molar-refractivity contribution in [2.24, 2.45) is 0 Å². The van der Waals surface area contributed by atoms with Gasteiger partial charge in [-0.1, -0.05) is 43.0 Å². The van der Waals surface area contributed by atoms with E-state index in [9.17, 15) is 4.79 Å². The lowest BCUT2D eigenvalue weighted by atomic mass is 10.1. The van der Waals surface area contributed by atoms with Crippen LogP contribution in [0.25, 0.3) is 11.5 Å². The summed E-state index contributed by atoms with van der Waals surface area (Å²) in [6.45, 7) is 8.76. The van der Waals surface area contributed by atoms with Crippen molar-refractivity contribution in [3.05, 3.63) is 53.7 Å². The lowest BCUT2D eigenvalue weighted by molar-refractivity contribution is -0.115. The minimum absolute atomic E-state index is 0.0483. The second-order valence-corrected chi connectivity index (χ2v) is 8.00. The van der Waals surface area contributed by atoms with Gasteiger partial charge in [0.1, 0.15) is 5.69 Å². The van der Waals surface area contributed by atoms with Crippen molar-refractivity contribution >= 4 is 23.4 Å². The number of amides is 1. The summed E-state index contributed by atoms with van der Waals surface area (Å²) in [5.41, 5.74) is 3.77. The molecular formula is C21H25N5OS. The van der Waals surface area contributed by atoms with Crippen molar-refractivity contribution in [3.63, 3.8) is 0 Å². The van der Waals surface area contributed by atoms with E-state index in [4.69, 9.17) is 0 Å². The number of hydrogen-bond acceptors (Lipinski definition) is 5. The summed E-state index contributed by atoms with van der Waals surface area (Å²) < 4.78 is 2.04. The van der Waals surface area contributed by atoms with E-state index in [1.807, 2.05) is 61.7 Å². The van der Waals surface area contributed by atoms with Gasteiger partial charge in [-0.15, -0.1) is 10.2 Å².